The van der Waals surface area contributed by atoms with E-state index in [1.807, 2.05) is 0 Å². The number of fused-ring (bicyclic) bond motifs is 1. The summed E-state index contributed by atoms with van der Waals surface area (Å²) in [5.41, 5.74) is 0.637. The number of nitrogens with zero attached hydrogens (tertiary/aromatic N) is 2. The van der Waals surface area contributed by atoms with Gasteiger partial charge in [0.2, 0.25) is 5.91 Å². The van der Waals surface area contributed by atoms with Crippen molar-refractivity contribution in [1.29, 1.82) is 0 Å². The number of aliphatic hydroxyl groups excluding tert-OH is 1. The molecule has 1 spiro atoms. The maximum absolute atomic E-state index is 14.2. The van der Waals surface area contributed by atoms with Gasteiger partial charge in [-0.05, 0) is 44.0 Å². The molecule has 7 nitrogen and oxygen atoms in total. The minimum atomic E-state index is -0.824. The van der Waals surface area contributed by atoms with Gasteiger partial charge in [-0.1, -0.05) is 30.3 Å². The van der Waals surface area contributed by atoms with Gasteiger partial charge in [0.15, 0.2) is 0 Å². The molecule has 34 heavy (non-hydrogen) atoms. The Morgan fingerprint density at radius 3 is 2.68 bits per heavy atom. The molecule has 1 N–H and O–H groups in total. The average molecular weight is 505 g/mol. The summed E-state index contributed by atoms with van der Waals surface area (Å²) in [4.78, 5) is 44.1. The van der Waals surface area contributed by atoms with Crippen molar-refractivity contribution in [2.45, 2.75) is 41.8 Å². The predicted molar refractivity (Wildman–Crippen MR) is 133 cm³/mol. The molecule has 0 saturated carbocycles. The lowest BCUT2D eigenvalue weighted by molar-refractivity contribution is -0.153. The number of anilines is 1. The zero-order valence-electron chi connectivity index (χ0n) is 19.1. The summed E-state index contributed by atoms with van der Waals surface area (Å²) in [6.07, 6.45) is 4.48. The predicted octanol–water partition coefficient (Wildman–Crippen LogP) is 3.06. The van der Waals surface area contributed by atoms with Crippen LogP contribution < -0.4 is 4.90 Å². The average Bonchev–Trinajstić information content (AvgIpc) is 3.48. The Hall–Kier alpha value is -2.29. The Kier molecular flexibility index (Phi) is 7.12. The van der Waals surface area contributed by atoms with Gasteiger partial charge in [-0.3, -0.25) is 14.4 Å². The molecular weight excluding hydrogens is 476 g/mol. The normalized spacial score (nSPS) is 30.1. The number of thioether (sulfide) groups is 1. The molecule has 1 aromatic rings. The van der Waals surface area contributed by atoms with Crippen molar-refractivity contribution in [3.8, 4) is 0 Å². The number of carbonyl (C=O) groups excluding carboxylic acids is 3. The first-order chi connectivity index (χ1) is 16.3. The van der Waals surface area contributed by atoms with Crippen LogP contribution in [0.3, 0.4) is 0 Å². The zero-order valence-corrected chi connectivity index (χ0v) is 20.6. The molecule has 4 rings (SSSR count). The van der Waals surface area contributed by atoms with Crippen molar-refractivity contribution in [2.24, 2.45) is 11.8 Å². The van der Waals surface area contributed by atoms with E-state index in [1.54, 1.807) is 53.9 Å². The van der Waals surface area contributed by atoms with Crippen LogP contribution in [0.25, 0.3) is 0 Å². The molecule has 0 aromatic heterocycles. The summed E-state index contributed by atoms with van der Waals surface area (Å²) < 4.78 is 4.60. The third kappa shape index (κ3) is 3.85. The van der Waals surface area contributed by atoms with Gasteiger partial charge >= 0.3 is 5.97 Å². The van der Waals surface area contributed by atoms with Crippen molar-refractivity contribution >= 4 is 46.8 Å². The summed E-state index contributed by atoms with van der Waals surface area (Å²) in [6.45, 7) is 9.13. The quantitative estimate of drug-likeness (QED) is 0.411. The van der Waals surface area contributed by atoms with Gasteiger partial charge in [-0.15, -0.1) is 18.3 Å². The third-order valence-electron chi connectivity index (χ3n) is 7.04. The fourth-order valence-electron chi connectivity index (χ4n) is 5.66. The third-order valence-corrected chi connectivity index (χ3v) is 9.25. The van der Waals surface area contributed by atoms with Gasteiger partial charge in [0.25, 0.3) is 5.91 Å². The Morgan fingerprint density at radius 2 is 2.06 bits per heavy atom. The van der Waals surface area contributed by atoms with Crippen molar-refractivity contribution in [3.63, 3.8) is 0 Å². The number of rotatable bonds is 9. The first-order valence-corrected chi connectivity index (χ1v) is 12.6. The number of amides is 2. The van der Waals surface area contributed by atoms with E-state index in [-0.39, 0.29) is 36.8 Å². The first-order valence-electron chi connectivity index (χ1n) is 11.4. The maximum atomic E-state index is 14.2. The molecule has 0 aliphatic carbocycles. The van der Waals surface area contributed by atoms with E-state index in [2.05, 4.69) is 13.2 Å². The molecule has 6 atom stereocenters. The molecule has 2 unspecified atom stereocenters. The van der Waals surface area contributed by atoms with Crippen LogP contribution in [0.4, 0.5) is 5.69 Å². The second-order valence-corrected chi connectivity index (χ2v) is 11.0. The molecule has 2 bridgehead atoms. The van der Waals surface area contributed by atoms with Gasteiger partial charge < -0.3 is 19.6 Å². The summed E-state index contributed by atoms with van der Waals surface area (Å²) in [5, 5.41) is 10.4. The number of hydrogen-bond donors (Lipinski definition) is 1. The van der Waals surface area contributed by atoms with Crippen LogP contribution in [0.5, 0.6) is 0 Å². The van der Waals surface area contributed by atoms with Crippen LogP contribution in [-0.4, -0.2) is 69.6 Å². The number of likely N-dealkylation sites (tertiary alicyclic amines) is 1. The second-order valence-electron chi connectivity index (χ2n) is 8.97. The van der Waals surface area contributed by atoms with Gasteiger partial charge in [0.05, 0.1) is 29.2 Å². The molecule has 0 radical (unpaired) electrons. The van der Waals surface area contributed by atoms with Crippen LogP contribution in [0, 0.1) is 11.8 Å². The standard InChI is InChI=1S/C25H29ClN2O5S/c1-4-12-27(17-8-6-16(26)7-9-17)23(31)21-25-11-10-18(34-25)19(24(32)33-13-5-2)20(25)22(30)28(21)15(3)14-29/h4-9,15,18-21,29H,1-2,10-14H2,3H3/t15-,18-,19+,20+,21?,25?/m1/s1. The Morgan fingerprint density at radius 1 is 1.35 bits per heavy atom. The SMILES string of the molecule is C=CCOC(=O)[C@@H]1[C@H]2C(=O)N([C@H](C)CO)C(C(=O)N(CC=C)c3ccc(Cl)cc3)C23CC[C@H]1S3. The monoisotopic (exact) mass is 504 g/mol. The number of halogens is 1. The molecule has 182 valence electrons. The molecule has 9 heteroatoms. The smallest absolute Gasteiger partial charge is 0.311 e. The van der Waals surface area contributed by atoms with Crippen LogP contribution in [0.15, 0.2) is 49.6 Å². The fourth-order valence-corrected chi connectivity index (χ4v) is 7.97. The number of aliphatic hydroxyl groups is 1. The zero-order chi connectivity index (χ0) is 24.6. The van der Waals surface area contributed by atoms with Gasteiger partial charge in [-0.2, -0.15) is 0 Å². The summed E-state index contributed by atoms with van der Waals surface area (Å²) in [6, 6.07) is 5.51. The molecule has 2 amide bonds. The van der Waals surface area contributed by atoms with Crippen molar-refractivity contribution in [1.82, 2.24) is 4.90 Å². The Labute approximate surface area is 208 Å². The van der Waals surface area contributed by atoms with Crippen LogP contribution in [-0.2, 0) is 19.1 Å². The fraction of sp³-hybridized carbons (Fsp3) is 0.480. The van der Waals surface area contributed by atoms with Crippen molar-refractivity contribution in [3.05, 3.63) is 54.6 Å². The summed E-state index contributed by atoms with van der Waals surface area (Å²) in [5.74, 6) is -2.26. The highest BCUT2D eigenvalue weighted by atomic mass is 35.5. The summed E-state index contributed by atoms with van der Waals surface area (Å²) >= 11 is 7.61. The van der Waals surface area contributed by atoms with Crippen molar-refractivity contribution < 1.29 is 24.2 Å². The lowest BCUT2D eigenvalue weighted by Gasteiger charge is -2.38. The molecule has 3 aliphatic rings. The highest BCUT2D eigenvalue weighted by molar-refractivity contribution is 8.02. The number of carbonyl (C=O) groups is 3. The topological polar surface area (TPSA) is 87.1 Å². The first kappa shape index (κ1) is 24.8. The molecular formula is C25H29ClN2O5S. The Bertz CT molecular complexity index is 1000. The number of ether oxygens (including phenoxy) is 1. The highest BCUT2D eigenvalue weighted by Gasteiger charge is 2.74. The highest BCUT2D eigenvalue weighted by Crippen LogP contribution is 2.67. The molecule has 3 heterocycles. The van der Waals surface area contributed by atoms with E-state index in [1.165, 1.54) is 11.0 Å². The van der Waals surface area contributed by atoms with Gasteiger partial charge in [0.1, 0.15) is 12.6 Å². The minimum absolute atomic E-state index is 0.0728. The van der Waals surface area contributed by atoms with Crippen LogP contribution in [0.2, 0.25) is 5.02 Å². The maximum Gasteiger partial charge on any atom is 0.311 e. The molecule has 3 aliphatic heterocycles. The molecule has 3 fully saturated rings. The van der Waals surface area contributed by atoms with E-state index in [0.717, 1.165) is 6.42 Å². The lowest BCUT2D eigenvalue weighted by Crippen LogP contribution is -2.57. The van der Waals surface area contributed by atoms with Crippen LogP contribution >= 0.6 is 23.4 Å². The van der Waals surface area contributed by atoms with Crippen molar-refractivity contribution in [2.75, 3.05) is 24.7 Å². The van der Waals surface area contributed by atoms with Gasteiger partial charge in [-0.25, -0.2) is 0 Å². The largest absolute Gasteiger partial charge is 0.461 e. The molecule has 1 aromatic carbocycles. The molecule has 3 saturated heterocycles. The number of benzene rings is 1. The number of hydrogen-bond acceptors (Lipinski definition) is 6. The van der Waals surface area contributed by atoms with E-state index in [0.29, 0.717) is 17.1 Å². The van der Waals surface area contributed by atoms with Crippen LogP contribution in [0.1, 0.15) is 19.8 Å². The van der Waals surface area contributed by atoms with E-state index in [4.69, 9.17) is 16.3 Å². The second kappa shape index (κ2) is 9.76. The van der Waals surface area contributed by atoms with Gasteiger partial charge in [0, 0.05) is 22.5 Å². The van der Waals surface area contributed by atoms with E-state index in [9.17, 15) is 19.5 Å². The van der Waals surface area contributed by atoms with E-state index >= 15 is 0 Å². The lowest BCUT2D eigenvalue weighted by atomic mass is 9.71. The number of esters is 1. The summed E-state index contributed by atoms with van der Waals surface area (Å²) in [7, 11) is 0. The Balaban J connectivity index is 1.77. The minimum Gasteiger partial charge on any atom is -0.461 e. The van der Waals surface area contributed by atoms with E-state index < -0.39 is 34.6 Å².